The molecule has 1 spiro atoms. The van der Waals surface area contributed by atoms with Gasteiger partial charge in [0.2, 0.25) is 5.91 Å². The van der Waals surface area contributed by atoms with Gasteiger partial charge in [-0.05, 0) is 79.9 Å². The molecule has 2 N–H and O–H groups in total. The lowest BCUT2D eigenvalue weighted by atomic mass is 9.91. The molecule has 0 unspecified atom stereocenters. The summed E-state index contributed by atoms with van der Waals surface area (Å²) in [7, 11) is 3.89. The first-order valence-corrected chi connectivity index (χ1v) is 14.5. The topological polar surface area (TPSA) is 73.5 Å². The van der Waals surface area contributed by atoms with E-state index < -0.39 is 5.41 Å². The molecule has 4 aromatic rings. The van der Waals surface area contributed by atoms with E-state index in [0.29, 0.717) is 12.1 Å². The van der Waals surface area contributed by atoms with E-state index >= 15 is 0 Å². The largest absolute Gasteiger partial charge is 0.497 e. The Morgan fingerprint density at radius 3 is 2.56 bits per heavy atom. The van der Waals surface area contributed by atoms with Gasteiger partial charge in [0, 0.05) is 48.7 Å². The number of carbonyl (C=O) groups is 1. The number of hydrogen-bond acceptors (Lipinski definition) is 5. The van der Waals surface area contributed by atoms with Crippen molar-refractivity contribution in [2.24, 2.45) is 0 Å². The zero-order valence-corrected chi connectivity index (χ0v) is 24.1. The van der Waals surface area contributed by atoms with Crippen molar-refractivity contribution in [1.29, 1.82) is 0 Å². The highest BCUT2D eigenvalue weighted by Gasteiger charge is 2.65. The van der Waals surface area contributed by atoms with Crippen LogP contribution in [0.1, 0.15) is 54.1 Å². The van der Waals surface area contributed by atoms with Crippen molar-refractivity contribution in [1.82, 2.24) is 20.0 Å². The van der Waals surface area contributed by atoms with Gasteiger partial charge in [-0.2, -0.15) is 5.10 Å². The van der Waals surface area contributed by atoms with Gasteiger partial charge in [-0.3, -0.25) is 19.7 Å². The first-order chi connectivity index (χ1) is 19.9. The summed E-state index contributed by atoms with van der Waals surface area (Å²) in [6.45, 7) is 7.81. The van der Waals surface area contributed by atoms with Gasteiger partial charge in [0.25, 0.3) is 0 Å². The highest BCUT2D eigenvalue weighted by molar-refractivity contribution is 6.10. The third-order valence-corrected chi connectivity index (χ3v) is 9.60. The van der Waals surface area contributed by atoms with Crippen molar-refractivity contribution < 1.29 is 9.53 Å². The van der Waals surface area contributed by atoms with Crippen LogP contribution < -0.4 is 10.1 Å². The molecule has 3 aliphatic rings. The monoisotopic (exact) mass is 547 g/mol. The number of hydrogen-bond donors (Lipinski definition) is 2. The van der Waals surface area contributed by atoms with Crippen LogP contribution in [0.4, 0.5) is 5.69 Å². The molecule has 2 aliphatic heterocycles. The van der Waals surface area contributed by atoms with Gasteiger partial charge < -0.3 is 10.1 Å². The molecule has 4 atom stereocenters. The number of amides is 1. The molecule has 210 valence electrons. The summed E-state index contributed by atoms with van der Waals surface area (Å²) >= 11 is 0. The second-order valence-corrected chi connectivity index (χ2v) is 12.1. The molecule has 7 rings (SSSR count). The highest BCUT2D eigenvalue weighted by Crippen LogP contribution is 2.65. The fraction of sp³-hybridized carbons (Fsp3) is 0.353. The summed E-state index contributed by atoms with van der Waals surface area (Å²) in [6.07, 6.45) is 4.99. The number of rotatable bonds is 6. The minimum Gasteiger partial charge on any atom is -0.497 e. The summed E-state index contributed by atoms with van der Waals surface area (Å²) in [5.74, 6) is 0.996. The molecule has 41 heavy (non-hydrogen) atoms. The lowest BCUT2D eigenvalue weighted by Crippen LogP contribution is -2.54. The molecular weight excluding hydrogens is 510 g/mol. The van der Waals surface area contributed by atoms with Crippen molar-refractivity contribution in [2.45, 2.75) is 50.2 Å². The number of benzene rings is 3. The second-order valence-electron chi connectivity index (χ2n) is 12.1. The van der Waals surface area contributed by atoms with Gasteiger partial charge in [0.1, 0.15) is 5.75 Å². The van der Waals surface area contributed by atoms with Crippen LogP contribution in [-0.4, -0.2) is 65.2 Å². The summed E-state index contributed by atoms with van der Waals surface area (Å²) in [6, 6.07) is 22.3. The third kappa shape index (κ3) is 4.44. The van der Waals surface area contributed by atoms with Crippen LogP contribution in [0, 0.1) is 0 Å². The third-order valence-electron chi connectivity index (χ3n) is 9.60. The summed E-state index contributed by atoms with van der Waals surface area (Å²) in [5, 5.41) is 12.0. The first-order valence-electron chi connectivity index (χ1n) is 14.5. The maximum atomic E-state index is 13.1. The van der Waals surface area contributed by atoms with Crippen molar-refractivity contribution in [2.75, 3.05) is 32.6 Å². The maximum Gasteiger partial charge on any atom is 0.235 e. The fourth-order valence-corrected chi connectivity index (χ4v) is 6.91. The molecule has 0 radical (unpaired) electrons. The number of likely N-dealkylation sites (N-methyl/N-ethyl adjacent to an activating group) is 1. The number of aromatic nitrogens is 2. The van der Waals surface area contributed by atoms with Crippen LogP contribution in [0.5, 0.6) is 5.75 Å². The molecule has 0 bridgehead atoms. The molecule has 1 saturated carbocycles. The van der Waals surface area contributed by atoms with Crippen LogP contribution in [0.3, 0.4) is 0 Å². The van der Waals surface area contributed by atoms with Crippen LogP contribution >= 0.6 is 0 Å². The van der Waals surface area contributed by atoms with E-state index in [1.165, 1.54) is 5.56 Å². The number of nitrogens with zero attached hydrogens (tertiary/aromatic N) is 3. The number of fused-ring (bicyclic) bond motifs is 3. The van der Waals surface area contributed by atoms with E-state index in [1.54, 1.807) is 7.11 Å². The van der Waals surface area contributed by atoms with E-state index in [1.807, 2.05) is 18.2 Å². The van der Waals surface area contributed by atoms with Crippen LogP contribution in [0.15, 0.2) is 60.7 Å². The molecule has 1 aromatic heterocycles. The molecule has 3 aromatic carbocycles. The number of methoxy groups -OCH3 is 1. The molecule has 1 amide bonds. The Balaban J connectivity index is 1.05. The zero-order chi connectivity index (χ0) is 28.3. The number of ether oxygens (including phenoxy) is 1. The van der Waals surface area contributed by atoms with Crippen LogP contribution in [-0.2, 0) is 16.8 Å². The normalized spacial score (nSPS) is 26.1. The molecule has 2 fully saturated rings. The summed E-state index contributed by atoms with van der Waals surface area (Å²) in [4.78, 5) is 18.1. The Morgan fingerprint density at radius 2 is 1.80 bits per heavy atom. The molecule has 7 nitrogen and oxygen atoms in total. The van der Waals surface area contributed by atoms with Gasteiger partial charge >= 0.3 is 0 Å². The Bertz CT molecular complexity index is 1650. The van der Waals surface area contributed by atoms with Crippen molar-refractivity contribution >= 4 is 34.6 Å². The Kier molecular flexibility index (Phi) is 6.25. The van der Waals surface area contributed by atoms with Gasteiger partial charge in [0.15, 0.2) is 0 Å². The average molecular weight is 548 g/mol. The van der Waals surface area contributed by atoms with Gasteiger partial charge in [-0.1, -0.05) is 42.5 Å². The minimum absolute atomic E-state index is 0.0813. The minimum atomic E-state index is -0.507. The number of carbonyl (C=O) groups excluding carboxylic acids is 1. The van der Waals surface area contributed by atoms with E-state index in [2.05, 4.69) is 101 Å². The van der Waals surface area contributed by atoms with Crippen molar-refractivity contribution in [3.63, 3.8) is 0 Å². The lowest BCUT2D eigenvalue weighted by molar-refractivity contribution is -0.118. The van der Waals surface area contributed by atoms with Crippen molar-refractivity contribution in [3.8, 4) is 5.75 Å². The van der Waals surface area contributed by atoms with Gasteiger partial charge in [0.05, 0.1) is 23.7 Å². The maximum absolute atomic E-state index is 13.1. The number of anilines is 1. The predicted molar refractivity (Wildman–Crippen MR) is 164 cm³/mol. The Labute approximate surface area is 241 Å². The Morgan fingerprint density at radius 1 is 1.02 bits per heavy atom. The fourth-order valence-electron chi connectivity index (χ4n) is 6.91. The van der Waals surface area contributed by atoms with E-state index in [4.69, 9.17) is 4.74 Å². The highest BCUT2D eigenvalue weighted by atomic mass is 16.5. The SMILES string of the molecule is COc1ccc2c(c1)[C@]1(C[C@H]1c1ccc3c(/C=C/c4ccc(CN5C[C@@H](C)N(C)[C@@H](C)C5)cc4)n[nH]c3c1)C(=O)N2. The van der Waals surface area contributed by atoms with Crippen LogP contribution in [0.25, 0.3) is 23.1 Å². The van der Waals surface area contributed by atoms with E-state index in [0.717, 1.165) is 70.8 Å². The van der Waals surface area contributed by atoms with Crippen molar-refractivity contribution in [3.05, 3.63) is 88.6 Å². The standard InChI is InChI=1S/C34H37N5O2/c1-21-18-39(19-22(2)38(21)3)20-24-7-5-23(6-8-24)9-13-30-27-12-10-25(15-32(27)37-36-30)29-17-34(29)28-16-26(41-4)11-14-31(28)35-33(34)40/h5-16,21-22,29H,17-20H2,1-4H3,(H,35,40)(H,36,37)/b13-9+/t21-,22+,29-,34-/m0/s1. The number of H-pyrrole nitrogens is 1. The molecular formula is C34H37N5O2. The first kappa shape index (κ1) is 26.0. The smallest absolute Gasteiger partial charge is 0.235 e. The molecule has 7 heteroatoms. The molecule has 1 saturated heterocycles. The van der Waals surface area contributed by atoms with Gasteiger partial charge in [-0.15, -0.1) is 0 Å². The lowest BCUT2D eigenvalue weighted by Gasteiger charge is -2.42. The number of nitrogens with one attached hydrogen (secondary N) is 2. The molecule has 1 aliphatic carbocycles. The van der Waals surface area contributed by atoms with E-state index in [-0.39, 0.29) is 11.8 Å². The number of piperazine rings is 1. The Hall–Kier alpha value is -3.94. The zero-order valence-electron chi connectivity index (χ0n) is 24.1. The summed E-state index contributed by atoms with van der Waals surface area (Å²) < 4.78 is 5.44. The quantitative estimate of drug-likeness (QED) is 0.327. The molecule has 3 heterocycles. The number of aromatic amines is 1. The van der Waals surface area contributed by atoms with Gasteiger partial charge in [-0.25, -0.2) is 0 Å². The average Bonchev–Trinajstić information content (AvgIpc) is 3.52. The van der Waals surface area contributed by atoms with Crippen LogP contribution in [0.2, 0.25) is 0 Å². The van der Waals surface area contributed by atoms with E-state index in [9.17, 15) is 4.79 Å². The predicted octanol–water partition coefficient (Wildman–Crippen LogP) is 5.64. The summed E-state index contributed by atoms with van der Waals surface area (Å²) in [5.41, 5.74) is 6.98. The second kappa shape index (κ2) is 9.86.